The number of imide groups is 1. The van der Waals surface area contributed by atoms with Crippen LogP contribution in [0, 0.1) is 11.3 Å². The molecular weight excluding hydrogens is 672 g/mol. The molecule has 4 saturated heterocycles. The lowest BCUT2D eigenvalue weighted by molar-refractivity contribution is -0.156. The third kappa shape index (κ3) is 6.16. The quantitative estimate of drug-likeness (QED) is 0.343. The van der Waals surface area contributed by atoms with Crippen LogP contribution < -0.4 is 15.4 Å². The van der Waals surface area contributed by atoms with Gasteiger partial charge in [0.2, 0.25) is 5.91 Å². The Morgan fingerprint density at radius 2 is 1.75 bits per heavy atom. The lowest BCUT2D eigenvalue weighted by atomic mass is 9.87. The third-order valence-corrected chi connectivity index (χ3v) is 11.3. The van der Waals surface area contributed by atoms with Gasteiger partial charge < -0.3 is 20.3 Å². The summed E-state index contributed by atoms with van der Waals surface area (Å²) in [6.45, 7) is 2.79. The second kappa shape index (κ2) is 13.2. The number of nitriles is 1. The number of benzene rings is 2. The first-order chi connectivity index (χ1) is 24.7. The van der Waals surface area contributed by atoms with Gasteiger partial charge in [0, 0.05) is 62.4 Å². The van der Waals surface area contributed by atoms with E-state index in [0.717, 1.165) is 43.0 Å². The third-order valence-electron chi connectivity index (χ3n) is 11.0. The molecule has 6 aliphatic rings. The number of amides is 4. The molecule has 13 nitrogen and oxygen atoms in total. The van der Waals surface area contributed by atoms with Gasteiger partial charge in [-0.3, -0.25) is 29.0 Å². The number of nitrogens with two attached hydrogens (primary N) is 1. The van der Waals surface area contributed by atoms with Gasteiger partial charge in [0.15, 0.2) is 11.5 Å². The molecule has 2 aromatic carbocycles. The zero-order chi connectivity index (χ0) is 35.4. The van der Waals surface area contributed by atoms with Crippen molar-refractivity contribution in [3.05, 3.63) is 81.5 Å². The van der Waals surface area contributed by atoms with Gasteiger partial charge in [0.25, 0.3) is 17.7 Å². The number of piperidine rings is 2. The van der Waals surface area contributed by atoms with E-state index in [2.05, 4.69) is 26.1 Å². The number of nitrogens with zero attached hydrogens (tertiary/aromatic N) is 7. The van der Waals surface area contributed by atoms with E-state index in [1.807, 2.05) is 18.2 Å². The van der Waals surface area contributed by atoms with Crippen LogP contribution in [0.15, 0.2) is 48.5 Å². The molecule has 1 saturated carbocycles. The average molecular weight is 709 g/mol. The number of carbonyl (C=O) groups excluding carboxylic acids is 4. The molecule has 0 spiro atoms. The molecule has 1 aliphatic carbocycles. The molecule has 3 aromatic rings. The number of carbonyl (C=O) groups is 4. The van der Waals surface area contributed by atoms with Crippen molar-refractivity contribution >= 4 is 41.0 Å². The topological polar surface area (TPSA) is 166 Å². The van der Waals surface area contributed by atoms with Crippen LogP contribution in [-0.2, 0) is 22.7 Å². The minimum Gasteiger partial charge on any atom is -0.490 e. The first-order valence-electron chi connectivity index (χ1n) is 17.5. The smallest absolute Gasteiger partial charge is 0.269 e. The number of rotatable bonds is 8. The van der Waals surface area contributed by atoms with Crippen LogP contribution in [0.2, 0.25) is 5.02 Å². The van der Waals surface area contributed by atoms with Crippen molar-refractivity contribution in [3.8, 4) is 11.8 Å². The van der Waals surface area contributed by atoms with E-state index in [-0.39, 0.29) is 42.0 Å². The molecule has 4 amide bonds. The van der Waals surface area contributed by atoms with Crippen molar-refractivity contribution < 1.29 is 23.9 Å². The predicted molar refractivity (Wildman–Crippen MR) is 185 cm³/mol. The number of piperazine rings is 1. The summed E-state index contributed by atoms with van der Waals surface area (Å²) >= 11 is 6.17. The van der Waals surface area contributed by atoms with Crippen LogP contribution in [0.5, 0.6) is 5.75 Å². The van der Waals surface area contributed by atoms with Gasteiger partial charge in [-0.2, -0.15) is 5.26 Å². The summed E-state index contributed by atoms with van der Waals surface area (Å²) in [7, 11) is 0. The molecule has 14 heteroatoms. The fourth-order valence-corrected chi connectivity index (χ4v) is 8.75. The van der Waals surface area contributed by atoms with E-state index in [1.54, 1.807) is 35.2 Å². The number of primary amides is 1. The first-order valence-corrected chi connectivity index (χ1v) is 17.8. The highest BCUT2D eigenvalue weighted by Crippen LogP contribution is 2.38. The highest BCUT2D eigenvalue weighted by atomic mass is 35.5. The second-order valence-corrected chi connectivity index (χ2v) is 14.6. The highest BCUT2D eigenvalue weighted by molar-refractivity contribution is 6.31. The lowest BCUT2D eigenvalue weighted by Gasteiger charge is -2.56. The maximum atomic E-state index is 13.9. The van der Waals surface area contributed by atoms with Crippen molar-refractivity contribution in [2.45, 2.75) is 88.3 Å². The molecule has 9 rings (SSSR count). The van der Waals surface area contributed by atoms with E-state index >= 15 is 0 Å². The molecule has 0 unspecified atom stereocenters. The summed E-state index contributed by atoms with van der Waals surface area (Å²) < 4.78 is 6.12. The number of halogens is 1. The van der Waals surface area contributed by atoms with Gasteiger partial charge in [-0.1, -0.05) is 23.7 Å². The van der Waals surface area contributed by atoms with Crippen molar-refractivity contribution in [3.63, 3.8) is 0 Å². The molecule has 0 radical (unpaired) electrons. The Kier molecular flexibility index (Phi) is 8.60. The molecule has 5 aliphatic heterocycles. The summed E-state index contributed by atoms with van der Waals surface area (Å²) in [5.41, 5.74) is 8.47. The van der Waals surface area contributed by atoms with Gasteiger partial charge >= 0.3 is 0 Å². The molecular formula is C37H37ClN8O5. The molecule has 5 fully saturated rings. The Hall–Kier alpha value is -5.06. The number of aromatic nitrogens is 2. The lowest BCUT2D eigenvalue weighted by Crippen LogP contribution is -2.69. The summed E-state index contributed by atoms with van der Waals surface area (Å²) in [4.78, 5) is 59.8. The number of ether oxygens (including phenoxy) is 1. The van der Waals surface area contributed by atoms with Crippen LogP contribution in [0.1, 0.15) is 82.5 Å². The number of fused-ring (bicyclic) bond motifs is 3. The van der Waals surface area contributed by atoms with Crippen molar-refractivity contribution in [1.82, 2.24) is 24.9 Å². The number of hydrogen-bond acceptors (Lipinski definition) is 10. The van der Waals surface area contributed by atoms with Crippen LogP contribution in [-0.4, -0.2) is 91.9 Å². The Bertz CT molecular complexity index is 1950. The van der Waals surface area contributed by atoms with Crippen LogP contribution in [0.25, 0.3) is 0 Å². The predicted octanol–water partition coefficient (Wildman–Crippen LogP) is 3.43. The normalized spacial score (nSPS) is 26.1. The maximum Gasteiger partial charge on any atom is 0.269 e. The molecule has 1 aromatic heterocycles. The van der Waals surface area contributed by atoms with Gasteiger partial charge in [0.05, 0.1) is 16.7 Å². The number of anilines is 1. The van der Waals surface area contributed by atoms with Gasteiger partial charge in [-0.15, -0.1) is 10.2 Å². The number of likely N-dealkylation sites (tertiary alicyclic amines) is 1. The van der Waals surface area contributed by atoms with Gasteiger partial charge in [-0.25, -0.2) is 0 Å². The minimum atomic E-state index is -0.679. The largest absolute Gasteiger partial charge is 0.490 e. The van der Waals surface area contributed by atoms with Crippen molar-refractivity contribution in [2.75, 3.05) is 18.0 Å². The standard InChI is InChI=1S/C37H37ClN8O5/c38-30-15-28(5-2-22(30)16-39)51-27-6-3-24(4-7-27)46-34(47)12-10-32(37(46)50)44-18-23-13-21(1-8-29(23)36(44)49)17-43-19-25-14-26(20-43)45(25)33-11-9-31(35(40)48)41-42-33/h1-2,5,8-9,11,13,15,24-27,32H,3-4,6-7,10,12,14,17-20H2,(H2,40,48)/t24?,25-,26-,27?,32-/m1/s1. The number of hydrogen-bond donors (Lipinski definition) is 1. The minimum absolute atomic E-state index is 0.0919. The maximum absolute atomic E-state index is 13.9. The van der Waals surface area contributed by atoms with Crippen molar-refractivity contribution in [1.29, 1.82) is 5.26 Å². The highest BCUT2D eigenvalue weighted by Gasteiger charge is 2.47. The SMILES string of the molecule is N#Cc1ccc(OC2CCC(N3C(=O)CC[C@@H](N4Cc5cc(CN6C[C@H]7C[C@H](C6)N7c6ccc(C(N)=O)nn6)ccc5C4=O)C3=O)CC2)cc1Cl. The molecule has 262 valence electrons. The monoisotopic (exact) mass is 708 g/mol. The fraction of sp³-hybridized carbons (Fsp3) is 0.432. The Morgan fingerprint density at radius 3 is 2.43 bits per heavy atom. The average Bonchev–Trinajstić information content (AvgIpc) is 3.44. The van der Waals surface area contributed by atoms with Gasteiger partial charge in [0.1, 0.15) is 17.9 Å². The van der Waals surface area contributed by atoms with E-state index < -0.39 is 11.9 Å². The Labute approximate surface area is 299 Å². The summed E-state index contributed by atoms with van der Waals surface area (Å²) in [6.07, 6.45) is 4.07. The zero-order valence-corrected chi connectivity index (χ0v) is 28.7. The van der Waals surface area contributed by atoms with E-state index in [0.29, 0.717) is 72.6 Å². The molecule has 6 heterocycles. The van der Waals surface area contributed by atoms with Crippen LogP contribution >= 0.6 is 11.6 Å². The Balaban J connectivity index is 0.872. The van der Waals surface area contributed by atoms with Crippen LogP contribution in [0.3, 0.4) is 0 Å². The molecule has 51 heavy (non-hydrogen) atoms. The van der Waals surface area contributed by atoms with E-state index in [4.69, 9.17) is 27.3 Å². The van der Waals surface area contributed by atoms with Crippen molar-refractivity contribution in [2.24, 2.45) is 5.73 Å². The van der Waals surface area contributed by atoms with Crippen LogP contribution in [0.4, 0.5) is 5.82 Å². The molecule has 2 bridgehead atoms. The summed E-state index contributed by atoms with van der Waals surface area (Å²) in [5.74, 6) is 0.103. The van der Waals surface area contributed by atoms with E-state index in [1.165, 1.54) is 4.90 Å². The molecule has 3 atom stereocenters. The molecule has 2 N–H and O–H groups in total. The second-order valence-electron chi connectivity index (χ2n) is 14.2. The van der Waals surface area contributed by atoms with E-state index in [9.17, 15) is 19.2 Å². The first kappa shape index (κ1) is 33.1. The Morgan fingerprint density at radius 1 is 0.961 bits per heavy atom. The van der Waals surface area contributed by atoms with Gasteiger partial charge in [-0.05, 0) is 80.0 Å². The summed E-state index contributed by atoms with van der Waals surface area (Å²) in [6, 6.07) is 16.1. The fourth-order valence-electron chi connectivity index (χ4n) is 8.53. The summed E-state index contributed by atoms with van der Waals surface area (Å²) in [5, 5.41) is 17.7. The zero-order valence-electron chi connectivity index (χ0n) is 27.9.